The van der Waals surface area contributed by atoms with Crippen molar-refractivity contribution in [3.63, 3.8) is 0 Å². The lowest BCUT2D eigenvalue weighted by atomic mass is 9.86. The molecule has 0 fully saturated rings. The van der Waals surface area contributed by atoms with Crippen LogP contribution in [0.25, 0.3) is 0 Å². The number of hydrogen-bond acceptors (Lipinski definition) is 3. The van der Waals surface area contributed by atoms with Crippen molar-refractivity contribution in [2.24, 2.45) is 5.73 Å². The summed E-state index contributed by atoms with van der Waals surface area (Å²) in [4.78, 5) is 0. The van der Waals surface area contributed by atoms with E-state index in [4.69, 9.17) is 10.5 Å². The van der Waals surface area contributed by atoms with Crippen LogP contribution in [0.4, 0.5) is 0 Å². The van der Waals surface area contributed by atoms with E-state index < -0.39 is 0 Å². The van der Waals surface area contributed by atoms with Crippen molar-refractivity contribution in [2.45, 2.75) is 51.8 Å². The molecule has 1 heterocycles. The van der Waals surface area contributed by atoms with Gasteiger partial charge < -0.3 is 10.5 Å². The predicted molar refractivity (Wildman–Crippen MR) is 72.9 cm³/mol. The number of halogens is 1. The summed E-state index contributed by atoms with van der Waals surface area (Å²) in [5.41, 5.74) is 7.10. The Kier molecular flexibility index (Phi) is 5.16. The largest absolute Gasteiger partial charge is 0.376 e. The third-order valence-corrected chi connectivity index (χ3v) is 4.21. The van der Waals surface area contributed by atoms with E-state index in [1.165, 1.54) is 0 Å². The first-order chi connectivity index (χ1) is 8.06. The van der Waals surface area contributed by atoms with E-state index in [0.717, 1.165) is 29.6 Å². The molecule has 0 aliphatic rings. The Morgan fingerprint density at radius 2 is 2.06 bits per heavy atom. The number of hydrogen-bond donors (Lipinski definition) is 1. The van der Waals surface area contributed by atoms with Crippen molar-refractivity contribution in [3.05, 3.63) is 16.4 Å². The monoisotopic (exact) mass is 303 g/mol. The summed E-state index contributed by atoms with van der Waals surface area (Å²) in [6, 6.07) is -0.181. The Bertz CT molecular complexity index is 352. The van der Waals surface area contributed by atoms with Gasteiger partial charge in [0.15, 0.2) is 0 Å². The molecule has 2 N–H and O–H groups in total. The van der Waals surface area contributed by atoms with Crippen LogP contribution in [-0.2, 0) is 11.3 Å². The average molecular weight is 304 g/mol. The molecule has 98 valence electrons. The fourth-order valence-corrected chi connectivity index (χ4v) is 2.83. The van der Waals surface area contributed by atoms with Crippen LogP contribution < -0.4 is 5.73 Å². The second-order valence-electron chi connectivity index (χ2n) is 4.15. The third kappa shape index (κ3) is 2.56. The number of rotatable bonds is 6. The van der Waals surface area contributed by atoms with Crippen LogP contribution in [0.2, 0.25) is 0 Å². The van der Waals surface area contributed by atoms with E-state index in [1.807, 2.05) is 4.68 Å². The lowest BCUT2D eigenvalue weighted by Crippen LogP contribution is -2.43. The smallest absolute Gasteiger partial charge is 0.0880 e. The van der Waals surface area contributed by atoms with Gasteiger partial charge in [0.25, 0.3) is 0 Å². The van der Waals surface area contributed by atoms with Crippen LogP contribution in [0.1, 0.15) is 45.3 Å². The van der Waals surface area contributed by atoms with Gasteiger partial charge in [0, 0.05) is 13.7 Å². The molecule has 1 rings (SSSR count). The highest BCUT2D eigenvalue weighted by Crippen LogP contribution is 2.36. The standard InChI is InChI=1S/C12H22BrN3O/c1-5-12(6-2,17-4)11(14)10-9(13)8-15-16(10)7-3/h8,11H,5-7,14H2,1-4H3. The lowest BCUT2D eigenvalue weighted by Gasteiger charge is -2.36. The first kappa shape index (κ1) is 14.7. The molecular formula is C12H22BrN3O. The number of aromatic nitrogens is 2. The van der Waals surface area contributed by atoms with E-state index in [-0.39, 0.29) is 11.6 Å². The molecule has 0 bridgehead atoms. The van der Waals surface area contributed by atoms with E-state index in [1.54, 1.807) is 13.3 Å². The molecule has 0 aliphatic heterocycles. The van der Waals surface area contributed by atoms with Crippen molar-refractivity contribution < 1.29 is 4.74 Å². The van der Waals surface area contributed by atoms with Crippen LogP contribution in [0, 0.1) is 0 Å². The van der Waals surface area contributed by atoms with Crippen LogP contribution in [-0.4, -0.2) is 22.5 Å². The molecule has 0 radical (unpaired) electrons. The number of ether oxygens (including phenoxy) is 1. The molecule has 1 atom stereocenters. The van der Waals surface area contributed by atoms with Gasteiger partial charge >= 0.3 is 0 Å². The summed E-state index contributed by atoms with van der Waals surface area (Å²) in [6.07, 6.45) is 3.55. The zero-order chi connectivity index (χ0) is 13.1. The molecular weight excluding hydrogens is 282 g/mol. The number of nitrogens with two attached hydrogens (primary N) is 1. The maximum Gasteiger partial charge on any atom is 0.0880 e. The molecule has 0 aliphatic carbocycles. The van der Waals surface area contributed by atoms with Gasteiger partial charge in [-0.25, -0.2) is 0 Å². The fraction of sp³-hybridized carbons (Fsp3) is 0.750. The Balaban J connectivity index is 3.17. The van der Waals surface area contributed by atoms with Gasteiger partial charge in [-0.2, -0.15) is 5.10 Å². The highest BCUT2D eigenvalue weighted by atomic mass is 79.9. The van der Waals surface area contributed by atoms with Crippen molar-refractivity contribution in [1.29, 1.82) is 0 Å². The minimum absolute atomic E-state index is 0.181. The molecule has 1 aromatic rings. The molecule has 5 heteroatoms. The molecule has 17 heavy (non-hydrogen) atoms. The first-order valence-corrected chi connectivity index (χ1v) is 6.87. The van der Waals surface area contributed by atoms with E-state index in [9.17, 15) is 0 Å². The summed E-state index contributed by atoms with van der Waals surface area (Å²) in [5, 5.41) is 4.31. The minimum atomic E-state index is -0.324. The van der Waals surface area contributed by atoms with E-state index in [0.29, 0.717) is 0 Å². The Morgan fingerprint density at radius 3 is 2.47 bits per heavy atom. The zero-order valence-electron chi connectivity index (χ0n) is 11.0. The molecule has 4 nitrogen and oxygen atoms in total. The molecule has 0 aromatic carbocycles. The quantitative estimate of drug-likeness (QED) is 0.879. The maximum atomic E-state index is 6.41. The van der Waals surface area contributed by atoms with Crippen LogP contribution in [0.15, 0.2) is 10.7 Å². The van der Waals surface area contributed by atoms with Gasteiger partial charge in [0.2, 0.25) is 0 Å². The second kappa shape index (κ2) is 5.98. The highest BCUT2D eigenvalue weighted by Gasteiger charge is 2.37. The second-order valence-corrected chi connectivity index (χ2v) is 5.00. The Hall–Kier alpha value is -0.390. The van der Waals surface area contributed by atoms with Gasteiger partial charge in [-0.3, -0.25) is 4.68 Å². The van der Waals surface area contributed by atoms with Crippen LogP contribution in [0.3, 0.4) is 0 Å². The molecule has 0 amide bonds. The highest BCUT2D eigenvalue weighted by molar-refractivity contribution is 9.10. The summed E-state index contributed by atoms with van der Waals surface area (Å²) >= 11 is 3.52. The Labute approximate surface area is 112 Å². The number of nitrogens with zero attached hydrogens (tertiary/aromatic N) is 2. The van der Waals surface area contributed by atoms with Gasteiger partial charge in [-0.05, 0) is 35.7 Å². The summed E-state index contributed by atoms with van der Waals surface area (Å²) in [6.45, 7) is 7.07. The summed E-state index contributed by atoms with van der Waals surface area (Å²) in [7, 11) is 1.73. The normalized spacial score (nSPS) is 14.0. The summed E-state index contributed by atoms with van der Waals surface area (Å²) < 4.78 is 8.57. The molecule has 0 spiro atoms. The van der Waals surface area contributed by atoms with Crippen LogP contribution >= 0.6 is 15.9 Å². The number of methoxy groups -OCH3 is 1. The topological polar surface area (TPSA) is 53.1 Å². The van der Waals surface area contributed by atoms with Gasteiger partial charge in [0.05, 0.1) is 28.0 Å². The van der Waals surface area contributed by atoms with E-state index >= 15 is 0 Å². The average Bonchev–Trinajstić information content (AvgIpc) is 2.73. The van der Waals surface area contributed by atoms with Crippen molar-refractivity contribution in [2.75, 3.05) is 7.11 Å². The molecule has 0 saturated carbocycles. The molecule has 0 saturated heterocycles. The summed E-state index contributed by atoms with van der Waals surface area (Å²) in [5.74, 6) is 0. The van der Waals surface area contributed by atoms with Gasteiger partial charge in [0.1, 0.15) is 0 Å². The van der Waals surface area contributed by atoms with Crippen molar-refractivity contribution in [3.8, 4) is 0 Å². The molecule has 1 unspecified atom stereocenters. The van der Waals surface area contributed by atoms with Gasteiger partial charge in [-0.15, -0.1) is 0 Å². The first-order valence-electron chi connectivity index (χ1n) is 6.08. The van der Waals surface area contributed by atoms with Crippen molar-refractivity contribution in [1.82, 2.24) is 9.78 Å². The third-order valence-electron chi connectivity index (χ3n) is 3.60. The van der Waals surface area contributed by atoms with Crippen molar-refractivity contribution >= 4 is 15.9 Å². The lowest BCUT2D eigenvalue weighted by molar-refractivity contribution is -0.0406. The maximum absolute atomic E-state index is 6.41. The predicted octanol–water partition coefficient (Wildman–Crippen LogP) is 2.87. The Morgan fingerprint density at radius 1 is 1.47 bits per heavy atom. The van der Waals surface area contributed by atoms with E-state index in [2.05, 4.69) is 41.8 Å². The fourth-order valence-electron chi connectivity index (χ4n) is 2.29. The minimum Gasteiger partial charge on any atom is -0.376 e. The SMILES string of the molecule is CCn1ncc(Br)c1C(N)C(CC)(CC)OC. The number of aryl methyl sites for hydroxylation is 1. The van der Waals surface area contributed by atoms with Crippen LogP contribution in [0.5, 0.6) is 0 Å². The van der Waals surface area contributed by atoms with Gasteiger partial charge in [-0.1, -0.05) is 13.8 Å². The zero-order valence-corrected chi connectivity index (χ0v) is 12.6. The molecule has 1 aromatic heterocycles.